The number of nitrogens with one attached hydrogen (secondary N) is 1. The van der Waals surface area contributed by atoms with Gasteiger partial charge in [0.15, 0.2) is 0 Å². The van der Waals surface area contributed by atoms with Crippen LogP contribution in [0.4, 0.5) is 0 Å². The van der Waals surface area contributed by atoms with E-state index in [0.717, 1.165) is 5.56 Å². The molecular formula is C15H13BrN4O. The highest BCUT2D eigenvalue weighted by atomic mass is 79.9. The van der Waals surface area contributed by atoms with Crippen LogP contribution in [0.2, 0.25) is 0 Å². The highest BCUT2D eigenvalue weighted by molar-refractivity contribution is 9.10. The molecule has 1 aromatic carbocycles. The van der Waals surface area contributed by atoms with Gasteiger partial charge in [0.05, 0.1) is 22.3 Å². The van der Waals surface area contributed by atoms with Gasteiger partial charge in [-0.2, -0.15) is 10.4 Å². The molecule has 5 nitrogen and oxygen atoms in total. The Morgan fingerprint density at radius 1 is 1.48 bits per heavy atom. The molecular weight excluding hydrogens is 332 g/mol. The van der Waals surface area contributed by atoms with Crippen molar-refractivity contribution in [1.29, 1.82) is 5.26 Å². The molecule has 0 aliphatic carbocycles. The summed E-state index contributed by atoms with van der Waals surface area (Å²) in [5, 5.41) is 15.3. The van der Waals surface area contributed by atoms with Crippen LogP contribution in [0.3, 0.4) is 0 Å². The number of hydrogen-bond acceptors (Lipinski definition) is 3. The van der Waals surface area contributed by atoms with Gasteiger partial charge in [0, 0.05) is 13.1 Å². The number of nitrogens with zero attached hydrogens (tertiary/aromatic N) is 3. The first-order valence-corrected chi connectivity index (χ1v) is 7.03. The maximum atomic E-state index is 12.5. The molecule has 2 rings (SSSR count). The van der Waals surface area contributed by atoms with Crippen LogP contribution in [-0.4, -0.2) is 27.5 Å². The van der Waals surface area contributed by atoms with E-state index >= 15 is 0 Å². The Labute approximate surface area is 131 Å². The van der Waals surface area contributed by atoms with Crippen LogP contribution in [0.25, 0.3) is 0 Å². The number of amides is 1. The van der Waals surface area contributed by atoms with Crippen molar-refractivity contribution in [3.8, 4) is 6.07 Å². The summed E-state index contributed by atoms with van der Waals surface area (Å²) >= 11 is 3.29. The third-order valence-corrected chi connectivity index (χ3v) is 3.50. The predicted octanol–water partition coefficient (Wildman–Crippen LogP) is 2.87. The molecule has 106 valence electrons. The van der Waals surface area contributed by atoms with E-state index in [-0.39, 0.29) is 5.91 Å². The van der Waals surface area contributed by atoms with Gasteiger partial charge in [-0.1, -0.05) is 18.2 Å². The predicted molar refractivity (Wildman–Crippen MR) is 82.4 cm³/mol. The maximum Gasteiger partial charge on any atom is 0.273 e. The molecule has 0 saturated carbocycles. The second-order valence-electron chi connectivity index (χ2n) is 4.38. The number of nitriles is 1. The minimum atomic E-state index is -0.163. The van der Waals surface area contributed by atoms with E-state index in [1.807, 2.05) is 12.1 Å². The van der Waals surface area contributed by atoms with Crippen LogP contribution in [0.15, 0.2) is 47.6 Å². The lowest BCUT2D eigenvalue weighted by molar-refractivity contribution is 0.0756. The van der Waals surface area contributed by atoms with Gasteiger partial charge in [0.25, 0.3) is 5.91 Å². The zero-order valence-corrected chi connectivity index (χ0v) is 12.8. The maximum absolute atomic E-state index is 12.5. The fourth-order valence-corrected chi connectivity index (χ4v) is 2.22. The molecule has 1 N–H and O–H groups in total. The molecule has 0 unspecified atom stereocenters. The first-order chi connectivity index (χ1) is 10.2. The standard InChI is InChI=1S/C15H13BrN4O/c1-2-7-20(15(21)14-13(16)9-18-19-14)10-12-5-3-11(8-17)4-6-12/h2-6,9H,1,7,10H2,(H,18,19). The third-order valence-electron chi connectivity index (χ3n) is 2.90. The average molecular weight is 345 g/mol. The molecule has 2 aromatic rings. The van der Waals surface area contributed by atoms with Gasteiger partial charge < -0.3 is 4.90 Å². The van der Waals surface area contributed by atoms with Crippen molar-refractivity contribution in [2.24, 2.45) is 0 Å². The lowest BCUT2D eigenvalue weighted by Crippen LogP contribution is -2.31. The summed E-state index contributed by atoms with van der Waals surface area (Å²) in [6.07, 6.45) is 3.22. The monoisotopic (exact) mass is 344 g/mol. The molecule has 0 fully saturated rings. The number of hydrogen-bond donors (Lipinski definition) is 1. The summed E-state index contributed by atoms with van der Waals surface area (Å²) in [7, 11) is 0. The highest BCUT2D eigenvalue weighted by Gasteiger charge is 2.19. The number of H-pyrrole nitrogens is 1. The van der Waals surface area contributed by atoms with Gasteiger partial charge >= 0.3 is 0 Å². The fourth-order valence-electron chi connectivity index (χ4n) is 1.86. The van der Waals surface area contributed by atoms with Crippen LogP contribution >= 0.6 is 15.9 Å². The second kappa shape index (κ2) is 6.86. The summed E-state index contributed by atoms with van der Waals surface area (Å²) in [4.78, 5) is 14.1. The largest absolute Gasteiger partial charge is 0.329 e. The number of rotatable bonds is 5. The van der Waals surface area contributed by atoms with Gasteiger partial charge in [-0.3, -0.25) is 9.89 Å². The number of halogens is 1. The van der Waals surface area contributed by atoms with Gasteiger partial charge in [0.1, 0.15) is 5.69 Å². The molecule has 0 atom stereocenters. The van der Waals surface area contributed by atoms with Crippen molar-refractivity contribution in [3.05, 3.63) is 64.4 Å². The lowest BCUT2D eigenvalue weighted by Gasteiger charge is -2.20. The van der Waals surface area contributed by atoms with Crippen LogP contribution in [-0.2, 0) is 6.54 Å². The molecule has 1 amide bonds. The van der Waals surface area contributed by atoms with Crippen molar-refractivity contribution in [3.63, 3.8) is 0 Å². The molecule has 0 aliphatic rings. The summed E-state index contributed by atoms with van der Waals surface area (Å²) in [5.74, 6) is -0.163. The number of carbonyl (C=O) groups excluding carboxylic acids is 1. The zero-order chi connectivity index (χ0) is 15.2. The Balaban J connectivity index is 2.19. The van der Waals surface area contributed by atoms with Crippen LogP contribution < -0.4 is 0 Å². The fraction of sp³-hybridized carbons (Fsp3) is 0.133. The van der Waals surface area contributed by atoms with Crippen LogP contribution in [0.5, 0.6) is 0 Å². The summed E-state index contributed by atoms with van der Waals surface area (Å²) in [5.41, 5.74) is 1.95. The second-order valence-corrected chi connectivity index (χ2v) is 5.23. The van der Waals surface area contributed by atoms with E-state index in [1.54, 1.807) is 29.3 Å². The van der Waals surface area contributed by atoms with Gasteiger partial charge in [-0.15, -0.1) is 6.58 Å². The van der Waals surface area contributed by atoms with Crippen molar-refractivity contribution in [1.82, 2.24) is 15.1 Å². The zero-order valence-electron chi connectivity index (χ0n) is 11.2. The molecule has 6 heteroatoms. The number of benzene rings is 1. The van der Waals surface area contributed by atoms with E-state index in [2.05, 4.69) is 38.8 Å². The number of aromatic nitrogens is 2. The topological polar surface area (TPSA) is 72.8 Å². The quantitative estimate of drug-likeness (QED) is 0.847. The highest BCUT2D eigenvalue weighted by Crippen LogP contribution is 2.17. The molecule has 1 aromatic heterocycles. The molecule has 21 heavy (non-hydrogen) atoms. The normalized spacial score (nSPS) is 9.90. The van der Waals surface area contributed by atoms with E-state index < -0.39 is 0 Å². The van der Waals surface area contributed by atoms with Crippen molar-refractivity contribution < 1.29 is 4.79 Å². The first-order valence-electron chi connectivity index (χ1n) is 6.23. The Bertz CT molecular complexity index is 684. The number of carbonyl (C=O) groups is 1. The Hall–Kier alpha value is -2.39. The summed E-state index contributed by atoms with van der Waals surface area (Å²) in [6.45, 7) is 4.53. The van der Waals surface area contributed by atoms with Crippen molar-refractivity contribution in [2.75, 3.05) is 6.54 Å². The van der Waals surface area contributed by atoms with Crippen molar-refractivity contribution >= 4 is 21.8 Å². The SMILES string of the molecule is C=CCN(Cc1ccc(C#N)cc1)C(=O)c1[nH]ncc1Br. The number of aromatic amines is 1. The molecule has 1 heterocycles. The first kappa shape index (κ1) is 15.0. The molecule has 0 saturated heterocycles. The molecule has 0 spiro atoms. The van der Waals surface area contributed by atoms with Crippen LogP contribution in [0, 0.1) is 11.3 Å². The van der Waals surface area contributed by atoms with Gasteiger partial charge in [-0.05, 0) is 33.6 Å². The van der Waals surface area contributed by atoms with Gasteiger partial charge in [0.2, 0.25) is 0 Å². The van der Waals surface area contributed by atoms with E-state index in [9.17, 15) is 4.79 Å². The smallest absolute Gasteiger partial charge is 0.273 e. The van der Waals surface area contributed by atoms with Gasteiger partial charge in [-0.25, -0.2) is 0 Å². The minimum absolute atomic E-state index is 0.163. The Morgan fingerprint density at radius 3 is 2.71 bits per heavy atom. The van der Waals surface area contributed by atoms with E-state index in [4.69, 9.17) is 5.26 Å². The molecule has 0 bridgehead atoms. The molecule has 0 aliphatic heterocycles. The minimum Gasteiger partial charge on any atom is -0.329 e. The van der Waals surface area contributed by atoms with E-state index in [0.29, 0.717) is 28.8 Å². The Morgan fingerprint density at radius 2 is 2.19 bits per heavy atom. The molecule has 0 radical (unpaired) electrons. The average Bonchev–Trinajstić information content (AvgIpc) is 2.93. The third kappa shape index (κ3) is 3.58. The lowest BCUT2D eigenvalue weighted by atomic mass is 10.1. The summed E-state index contributed by atoms with van der Waals surface area (Å²) < 4.78 is 0.626. The van der Waals surface area contributed by atoms with E-state index in [1.165, 1.54) is 0 Å². The summed E-state index contributed by atoms with van der Waals surface area (Å²) in [6, 6.07) is 9.21. The van der Waals surface area contributed by atoms with Crippen molar-refractivity contribution in [2.45, 2.75) is 6.54 Å². The Kier molecular flexibility index (Phi) is 4.90. The van der Waals surface area contributed by atoms with Crippen LogP contribution in [0.1, 0.15) is 21.6 Å².